The molecule has 3 aromatic heterocycles. The Morgan fingerprint density at radius 3 is 2.58 bits per heavy atom. The summed E-state index contributed by atoms with van der Waals surface area (Å²) in [5.41, 5.74) is 0.986. The van der Waals surface area contributed by atoms with E-state index in [1.807, 2.05) is 6.92 Å². The molecule has 0 fully saturated rings. The summed E-state index contributed by atoms with van der Waals surface area (Å²) in [7, 11) is 1.36. The molecule has 0 spiro atoms. The number of nitrogens with zero attached hydrogens (tertiary/aromatic N) is 5. The van der Waals surface area contributed by atoms with Crippen LogP contribution in [0.1, 0.15) is 29.8 Å². The molecule has 0 aliphatic rings. The molecule has 0 amide bonds. The first kappa shape index (κ1) is 17.6. The van der Waals surface area contributed by atoms with E-state index in [0.717, 1.165) is 6.20 Å². The van der Waals surface area contributed by atoms with E-state index in [0.29, 0.717) is 17.1 Å². The Kier molecular flexibility index (Phi) is 4.69. The number of aromatic nitrogens is 6. The zero-order valence-corrected chi connectivity index (χ0v) is 13.8. The van der Waals surface area contributed by atoms with Crippen molar-refractivity contribution in [3.63, 3.8) is 0 Å². The summed E-state index contributed by atoms with van der Waals surface area (Å²) in [6.07, 6.45) is 2.46. The molecule has 0 bridgehead atoms. The molecular weight excluding hydrogens is 349 g/mol. The van der Waals surface area contributed by atoms with Crippen LogP contribution in [-0.2, 0) is 6.18 Å². The fraction of sp³-hybridized carbons (Fsp3) is 0.267. The molecule has 3 aromatic rings. The van der Waals surface area contributed by atoms with Crippen LogP contribution in [0.5, 0.6) is 0 Å². The number of aromatic amines is 1. The van der Waals surface area contributed by atoms with E-state index in [4.69, 9.17) is 0 Å². The minimum Gasteiger partial charge on any atom is -0.372 e. The lowest BCUT2D eigenvalue weighted by molar-refractivity contribution is -0.137. The SMILES string of the molecule is CNc1nc(Nc2cn[nH]c2C(C)c2cnccn2)ncc1C(F)(F)F. The van der Waals surface area contributed by atoms with Crippen LogP contribution in [0.25, 0.3) is 0 Å². The molecule has 0 saturated carbocycles. The monoisotopic (exact) mass is 364 g/mol. The van der Waals surface area contributed by atoms with E-state index in [1.165, 1.54) is 13.2 Å². The van der Waals surface area contributed by atoms with Crippen LogP contribution in [0.15, 0.2) is 31.0 Å². The predicted molar refractivity (Wildman–Crippen MR) is 88.0 cm³/mol. The number of H-pyrrole nitrogens is 1. The van der Waals surface area contributed by atoms with Crippen LogP contribution < -0.4 is 10.6 Å². The van der Waals surface area contributed by atoms with Gasteiger partial charge in [0.15, 0.2) is 0 Å². The van der Waals surface area contributed by atoms with Gasteiger partial charge in [0.05, 0.1) is 23.3 Å². The summed E-state index contributed by atoms with van der Waals surface area (Å²) >= 11 is 0. The van der Waals surface area contributed by atoms with Gasteiger partial charge in [-0.2, -0.15) is 23.3 Å². The van der Waals surface area contributed by atoms with Gasteiger partial charge in [0.2, 0.25) is 5.95 Å². The van der Waals surface area contributed by atoms with Gasteiger partial charge in [0.1, 0.15) is 11.4 Å². The molecule has 3 rings (SSSR count). The normalized spacial score (nSPS) is 12.7. The van der Waals surface area contributed by atoms with Gasteiger partial charge in [-0.05, 0) is 0 Å². The highest BCUT2D eigenvalue weighted by Crippen LogP contribution is 2.34. The van der Waals surface area contributed by atoms with Gasteiger partial charge in [-0.25, -0.2) is 4.98 Å². The van der Waals surface area contributed by atoms with E-state index in [1.54, 1.807) is 18.6 Å². The summed E-state index contributed by atoms with van der Waals surface area (Å²) in [6, 6.07) is 0. The second kappa shape index (κ2) is 6.94. The molecule has 8 nitrogen and oxygen atoms in total. The van der Waals surface area contributed by atoms with Crippen molar-refractivity contribution in [3.05, 3.63) is 47.9 Å². The van der Waals surface area contributed by atoms with E-state index in [2.05, 4.69) is 40.8 Å². The smallest absolute Gasteiger partial charge is 0.372 e. The van der Waals surface area contributed by atoms with Crippen molar-refractivity contribution in [2.45, 2.75) is 19.0 Å². The standard InChI is InChI=1S/C15H15F3N8/c1-8(10-6-20-3-4-21-10)12-11(7-23-26-12)24-14-22-5-9(15(16,17)18)13(19-2)25-14/h3-8H,1-2H3,(H,23,26)(H2,19,22,24,25). The zero-order valence-electron chi connectivity index (χ0n) is 13.8. The summed E-state index contributed by atoms with van der Waals surface area (Å²) in [4.78, 5) is 15.9. The Hall–Kier alpha value is -3.24. The molecular formula is C15H15F3N8. The first-order valence-electron chi connectivity index (χ1n) is 7.58. The maximum atomic E-state index is 12.9. The van der Waals surface area contributed by atoms with Gasteiger partial charge in [0.25, 0.3) is 0 Å². The Morgan fingerprint density at radius 2 is 1.92 bits per heavy atom. The second-order valence-electron chi connectivity index (χ2n) is 5.38. The van der Waals surface area contributed by atoms with Crippen molar-refractivity contribution in [2.24, 2.45) is 0 Å². The van der Waals surface area contributed by atoms with E-state index >= 15 is 0 Å². The third kappa shape index (κ3) is 3.55. The lowest BCUT2D eigenvalue weighted by atomic mass is 10.0. The molecule has 3 N–H and O–H groups in total. The third-order valence-electron chi connectivity index (χ3n) is 3.71. The highest BCUT2D eigenvalue weighted by atomic mass is 19.4. The average molecular weight is 364 g/mol. The Bertz CT molecular complexity index is 878. The van der Waals surface area contributed by atoms with Gasteiger partial charge < -0.3 is 10.6 Å². The molecule has 11 heteroatoms. The van der Waals surface area contributed by atoms with Crippen LogP contribution >= 0.6 is 0 Å². The van der Waals surface area contributed by atoms with Crippen molar-refractivity contribution in [1.29, 1.82) is 0 Å². The van der Waals surface area contributed by atoms with E-state index in [9.17, 15) is 13.2 Å². The van der Waals surface area contributed by atoms with Crippen LogP contribution in [-0.4, -0.2) is 37.2 Å². The minimum atomic E-state index is -4.54. The number of halogens is 3. The largest absolute Gasteiger partial charge is 0.421 e. The van der Waals surface area contributed by atoms with Crippen molar-refractivity contribution in [1.82, 2.24) is 30.1 Å². The van der Waals surface area contributed by atoms with Gasteiger partial charge in [-0.3, -0.25) is 15.1 Å². The summed E-state index contributed by atoms with van der Waals surface area (Å²) < 4.78 is 38.8. The lowest BCUT2D eigenvalue weighted by Gasteiger charge is -2.14. The van der Waals surface area contributed by atoms with Gasteiger partial charge in [0, 0.05) is 37.8 Å². The molecule has 26 heavy (non-hydrogen) atoms. The molecule has 0 aliphatic heterocycles. The summed E-state index contributed by atoms with van der Waals surface area (Å²) in [5.74, 6) is -0.481. The molecule has 1 unspecified atom stereocenters. The Balaban J connectivity index is 1.88. The highest BCUT2D eigenvalue weighted by Gasteiger charge is 2.35. The second-order valence-corrected chi connectivity index (χ2v) is 5.38. The van der Waals surface area contributed by atoms with Crippen LogP contribution in [0.4, 0.5) is 30.6 Å². The van der Waals surface area contributed by atoms with Crippen LogP contribution in [0, 0.1) is 0 Å². The predicted octanol–water partition coefficient (Wildman–Crippen LogP) is 2.95. The third-order valence-corrected chi connectivity index (χ3v) is 3.71. The average Bonchev–Trinajstić information content (AvgIpc) is 3.08. The number of hydrogen-bond acceptors (Lipinski definition) is 7. The number of alkyl halides is 3. The summed E-state index contributed by atoms with van der Waals surface area (Å²) in [6.45, 7) is 1.90. The first-order chi connectivity index (χ1) is 12.4. The molecule has 0 aliphatic carbocycles. The summed E-state index contributed by atoms with van der Waals surface area (Å²) in [5, 5.41) is 12.2. The maximum absolute atomic E-state index is 12.9. The fourth-order valence-electron chi connectivity index (χ4n) is 2.37. The fourth-order valence-corrected chi connectivity index (χ4v) is 2.37. The Labute approximate surface area is 146 Å². The van der Waals surface area contributed by atoms with Crippen LogP contribution in [0.3, 0.4) is 0 Å². The van der Waals surface area contributed by atoms with Crippen LogP contribution in [0.2, 0.25) is 0 Å². The minimum absolute atomic E-state index is 0.0105. The maximum Gasteiger partial charge on any atom is 0.421 e. The number of nitrogens with one attached hydrogen (secondary N) is 3. The number of hydrogen-bond donors (Lipinski definition) is 3. The van der Waals surface area contributed by atoms with E-state index < -0.39 is 11.7 Å². The quantitative estimate of drug-likeness (QED) is 0.639. The van der Waals surface area contributed by atoms with Crippen molar-refractivity contribution in [3.8, 4) is 0 Å². The van der Waals surface area contributed by atoms with Gasteiger partial charge >= 0.3 is 6.18 Å². The molecule has 0 saturated heterocycles. The van der Waals surface area contributed by atoms with Gasteiger partial charge in [-0.15, -0.1) is 0 Å². The number of rotatable bonds is 5. The lowest BCUT2D eigenvalue weighted by Crippen LogP contribution is -2.13. The number of anilines is 3. The molecule has 3 heterocycles. The van der Waals surface area contributed by atoms with Crippen molar-refractivity contribution >= 4 is 17.5 Å². The highest BCUT2D eigenvalue weighted by molar-refractivity contribution is 5.59. The van der Waals surface area contributed by atoms with Crippen molar-refractivity contribution in [2.75, 3.05) is 17.7 Å². The molecule has 1 atom stereocenters. The molecule has 0 aromatic carbocycles. The molecule has 136 valence electrons. The van der Waals surface area contributed by atoms with E-state index in [-0.39, 0.29) is 17.7 Å². The van der Waals surface area contributed by atoms with Gasteiger partial charge in [-0.1, -0.05) is 6.92 Å². The van der Waals surface area contributed by atoms with Crippen molar-refractivity contribution < 1.29 is 13.2 Å². The topological polar surface area (TPSA) is 104 Å². The zero-order chi connectivity index (χ0) is 18.7. The molecule has 0 radical (unpaired) electrons. The first-order valence-corrected chi connectivity index (χ1v) is 7.58. The Morgan fingerprint density at radius 1 is 1.12 bits per heavy atom.